The van der Waals surface area contributed by atoms with Gasteiger partial charge >= 0.3 is 0 Å². The Bertz CT molecular complexity index is 1060. The zero-order valence-electron chi connectivity index (χ0n) is 17.4. The highest BCUT2D eigenvalue weighted by molar-refractivity contribution is 8.13. The fraction of sp³-hybridized carbons (Fsp3) is 0.217. The van der Waals surface area contributed by atoms with Crippen LogP contribution in [0.3, 0.4) is 0 Å². The van der Waals surface area contributed by atoms with Gasteiger partial charge in [-0.3, -0.25) is 9.59 Å². The Morgan fingerprint density at radius 3 is 2.57 bits per heavy atom. The number of benzene rings is 2. The number of nitrogens with zero attached hydrogens (tertiary/aromatic N) is 1. The van der Waals surface area contributed by atoms with Crippen LogP contribution in [-0.2, 0) is 6.61 Å². The van der Waals surface area contributed by atoms with Gasteiger partial charge in [0.15, 0.2) is 5.76 Å². The number of anilines is 1. The van der Waals surface area contributed by atoms with Gasteiger partial charge in [-0.05, 0) is 61.5 Å². The second kappa shape index (κ2) is 9.54. The van der Waals surface area contributed by atoms with E-state index in [0.717, 1.165) is 23.1 Å². The summed E-state index contributed by atoms with van der Waals surface area (Å²) in [7, 11) is 3.36. The van der Waals surface area contributed by atoms with E-state index < -0.39 is 5.91 Å². The van der Waals surface area contributed by atoms with Gasteiger partial charge in [-0.2, -0.15) is 0 Å². The van der Waals surface area contributed by atoms with E-state index in [0.29, 0.717) is 16.3 Å². The lowest BCUT2D eigenvalue weighted by Gasteiger charge is -2.12. The molecule has 0 bridgehead atoms. The maximum atomic E-state index is 12.6. The predicted octanol–water partition coefficient (Wildman–Crippen LogP) is 5.50. The van der Waals surface area contributed by atoms with Crippen molar-refractivity contribution in [1.82, 2.24) is 4.90 Å². The minimum Gasteiger partial charge on any atom is -0.485 e. The molecule has 7 heteroatoms. The van der Waals surface area contributed by atoms with E-state index in [-0.39, 0.29) is 17.6 Å². The van der Waals surface area contributed by atoms with Crippen LogP contribution in [0.4, 0.5) is 10.5 Å². The summed E-state index contributed by atoms with van der Waals surface area (Å²) < 4.78 is 11.4. The van der Waals surface area contributed by atoms with Crippen molar-refractivity contribution in [3.05, 3.63) is 77.2 Å². The van der Waals surface area contributed by atoms with Crippen molar-refractivity contribution >= 4 is 28.6 Å². The molecule has 0 aliphatic heterocycles. The average Bonchev–Trinajstić information content (AvgIpc) is 3.18. The minimum absolute atomic E-state index is 0.125. The first-order chi connectivity index (χ1) is 14.3. The molecule has 1 aromatic heterocycles. The van der Waals surface area contributed by atoms with E-state index in [9.17, 15) is 9.59 Å². The molecule has 0 aliphatic carbocycles. The number of carbonyl (C=O) groups is 2. The number of amides is 2. The number of hydrogen-bond donors (Lipinski definition) is 1. The van der Waals surface area contributed by atoms with E-state index in [2.05, 4.69) is 5.32 Å². The van der Waals surface area contributed by atoms with Gasteiger partial charge < -0.3 is 19.4 Å². The minimum atomic E-state index is -0.391. The second-order valence-electron chi connectivity index (χ2n) is 7.04. The molecule has 0 fully saturated rings. The Balaban J connectivity index is 1.65. The van der Waals surface area contributed by atoms with Gasteiger partial charge in [0.2, 0.25) is 0 Å². The lowest BCUT2D eigenvalue weighted by Crippen LogP contribution is -2.17. The van der Waals surface area contributed by atoms with E-state index in [4.69, 9.17) is 9.15 Å². The zero-order chi connectivity index (χ0) is 21.7. The summed E-state index contributed by atoms with van der Waals surface area (Å²) in [5.41, 5.74) is 2.76. The first-order valence-corrected chi connectivity index (χ1v) is 10.2. The highest BCUT2D eigenvalue weighted by Gasteiger charge is 2.16. The zero-order valence-corrected chi connectivity index (χ0v) is 18.2. The molecule has 0 unspecified atom stereocenters. The van der Waals surface area contributed by atoms with Crippen molar-refractivity contribution in [3.63, 3.8) is 0 Å². The monoisotopic (exact) mass is 424 g/mol. The molecule has 0 atom stereocenters. The summed E-state index contributed by atoms with van der Waals surface area (Å²) in [4.78, 5) is 26.8. The summed E-state index contributed by atoms with van der Waals surface area (Å²) in [5.74, 6) is 1.11. The molecule has 0 saturated heterocycles. The number of hydrogen-bond acceptors (Lipinski definition) is 5. The fourth-order valence-corrected chi connectivity index (χ4v) is 3.46. The third kappa shape index (κ3) is 5.45. The highest BCUT2D eigenvalue weighted by Crippen LogP contribution is 2.29. The van der Waals surface area contributed by atoms with Crippen molar-refractivity contribution in [1.29, 1.82) is 0 Å². The largest absolute Gasteiger partial charge is 0.485 e. The SMILES string of the molecule is Cc1ccc(OCc2ccc(C(=O)Nc3ccccc3SC(=O)N(C)C)o2)c(C)c1. The van der Waals surface area contributed by atoms with Gasteiger partial charge in [-0.25, -0.2) is 0 Å². The molecular weight excluding hydrogens is 400 g/mol. The molecule has 0 aliphatic rings. The summed E-state index contributed by atoms with van der Waals surface area (Å²) in [5, 5.41) is 2.68. The molecule has 0 saturated carbocycles. The van der Waals surface area contributed by atoms with Crippen molar-refractivity contribution < 1.29 is 18.7 Å². The van der Waals surface area contributed by atoms with Crippen LogP contribution >= 0.6 is 11.8 Å². The van der Waals surface area contributed by atoms with Gasteiger partial charge in [0.1, 0.15) is 18.1 Å². The molecule has 1 heterocycles. The van der Waals surface area contributed by atoms with Gasteiger partial charge in [0.25, 0.3) is 11.1 Å². The average molecular weight is 425 g/mol. The maximum absolute atomic E-state index is 12.6. The van der Waals surface area contributed by atoms with Crippen molar-refractivity contribution in [2.75, 3.05) is 19.4 Å². The Kier molecular flexibility index (Phi) is 6.84. The van der Waals surface area contributed by atoms with E-state index in [1.165, 1.54) is 10.5 Å². The number of aryl methyl sites for hydroxylation is 2. The van der Waals surface area contributed by atoms with Crippen molar-refractivity contribution in [2.45, 2.75) is 25.3 Å². The number of furan rings is 1. The third-order valence-electron chi connectivity index (χ3n) is 4.28. The molecule has 6 nitrogen and oxygen atoms in total. The first-order valence-electron chi connectivity index (χ1n) is 9.42. The Hall–Kier alpha value is -3.19. The Morgan fingerprint density at radius 2 is 1.83 bits per heavy atom. The van der Waals surface area contributed by atoms with Crippen LogP contribution in [0.5, 0.6) is 5.75 Å². The summed E-state index contributed by atoms with van der Waals surface area (Å²) in [6.45, 7) is 4.24. The molecule has 156 valence electrons. The molecular formula is C23H24N2O4S. The van der Waals surface area contributed by atoms with E-state index >= 15 is 0 Å². The van der Waals surface area contributed by atoms with Crippen LogP contribution in [0.1, 0.15) is 27.4 Å². The van der Waals surface area contributed by atoms with Crippen LogP contribution in [0.25, 0.3) is 0 Å². The van der Waals surface area contributed by atoms with Crippen molar-refractivity contribution in [2.24, 2.45) is 0 Å². The van der Waals surface area contributed by atoms with Crippen LogP contribution in [0.15, 0.2) is 63.9 Å². The number of rotatable bonds is 6. The molecule has 2 amide bonds. The Labute approximate surface area is 180 Å². The van der Waals surface area contributed by atoms with E-state index in [1.807, 2.05) is 38.1 Å². The third-order valence-corrected chi connectivity index (χ3v) is 5.40. The predicted molar refractivity (Wildman–Crippen MR) is 118 cm³/mol. The summed E-state index contributed by atoms with van der Waals surface area (Å²) in [6, 6.07) is 16.4. The second-order valence-corrected chi connectivity index (χ2v) is 8.03. The molecule has 30 heavy (non-hydrogen) atoms. The maximum Gasteiger partial charge on any atom is 0.291 e. The van der Waals surface area contributed by atoms with Crippen LogP contribution in [0, 0.1) is 13.8 Å². The fourth-order valence-electron chi connectivity index (χ4n) is 2.72. The molecule has 1 N–H and O–H groups in total. The number of carbonyl (C=O) groups excluding carboxylic acids is 2. The number of ether oxygens (including phenoxy) is 1. The van der Waals surface area contributed by atoms with Crippen LogP contribution in [0.2, 0.25) is 0 Å². The molecule has 3 aromatic rings. The van der Waals surface area contributed by atoms with Gasteiger partial charge in [-0.15, -0.1) is 0 Å². The molecule has 0 spiro atoms. The summed E-state index contributed by atoms with van der Waals surface area (Å²) in [6.07, 6.45) is 0. The van der Waals surface area contributed by atoms with E-state index in [1.54, 1.807) is 44.4 Å². The molecule has 2 aromatic carbocycles. The lowest BCUT2D eigenvalue weighted by atomic mass is 10.1. The summed E-state index contributed by atoms with van der Waals surface area (Å²) >= 11 is 1.05. The number of para-hydroxylation sites is 1. The van der Waals surface area contributed by atoms with Crippen LogP contribution < -0.4 is 10.1 Å². The molecule has 0 radical (unpaired) electrons. The van der Waals surface area contributed by atoms with Crippen LogP contribution in [-0.4, -0.2) is 30.1 Å². The Morgan fingerprint density at radius 1 is 1.07 bits per heavy atom. The van der Waals surface area contributed by atoms with Gasteiger partial charge in [-0.1, -0.05) is 29.8 Å². The quantitative estimate of drug-likeness (QED) is 0.529. The van der Waals surface area contributed by atoms with Gasteiger partial charge in [0, 0.05) is 19.0 Å². The lowest BCUT2D eigenvalue weighted by molar-refractivity contribution is 0.0992. The van der Waals surface area contributed by atoms with Gasteiger partial charge in [0.05, 0.1) is 5.69 Å². The van der Waals surface area contributed by atoms with Crippen molar-refractivity contribution in [3.8, 4) is 5.75 Å². The normalized spacial score (nSPS) is 10.5. The highest BCUT2D eigenvalue weighted by atomic mass is 32.2. The molecule has 3 rings (SSSR count). The standard InChI is InChI=1S/C23H24N2O4S/c1-15-9-11-19(16(2)13-15)28-14-17-10-12-20(29-17)22(26)24-18-7-5-6-8-21(18)30-23(27)25(3)4/h5-13H,14H2,1-4H3,(H,24,26). The first kappa shape index (κ1) is 21.5. The number of nitrogens with one attached hydrogen (secondary N) is 1. The topological polar surface area (TPSA) is 71.8 Å². The number of thioether (sulfide) groups is 1. The smallest absolute Gasteiger partial charge is 0.291 e.